The average Bonchev–Trinajstić information content (AvgIpc) is 3.90. The molecule has 304 valence electrons. The van der Waals surface area contributed by atoms with Gasteiger partial charge in [0.05, 0.1) is 21.2 Å². The van der Waals surface area contributed by atoms with Gasteiger partial charge in [-0.15, -0.1) is 22.7 Å². The van der Waals surface area contributed by atoms with Crippen LogP contribution < -0.4 is 9.80 Å². The molecule has 2 aliphatic heterocycles. The quantitative estimate of drug-likeness (QED) is 0.134. The summed E-state index contributed by atoms with van der Waals surface area (Å²) in [5.74, 6) is 0. The van der Waals surface area contributed by atoms with E-state index in [0.29, 0.717) is 62.1 Å². The molecular weight excluding hydrogens is 1030 g/mol. The van der Waals surface area contributed by atoms with Gasteiger partial charge in [-0.25, -0.2) is 26.8 Å². The molecule has 0 saturated carbocycles. The lowest BCUT2D eigenvalue weighted by molar-refractivity contribution is 0.384. The molecule has 4 heterocycles. The molecule has 0 unspecified atom stereocenters. The van der Waals surface area contributed by atoms with Crippen molar-refractivity contribution in [2.45, 2.75) is 22.6 Å². The lowest BCUT2D eigenvalue weighted by Gasteiger charge is -2.33. The zero-order valence-corrected chi connectivity index (χ0v) is 39.7. The van der Waals surface area contributed by atoms with Crippen molar-refractivity contribution >= 4 is 112 Å². The maximum absolute atomic E-state index is 12.9. The van der Waals surface area contributed by atoms with Crippen molar-refractivity contribution < 1.29 is 16.8 Å². The number of aromatic nitrogens is 2. The molecule has 4 aromatic carbocycles. The summed E-state index contributed by atoms with van der Waals surface area (Å²) in [4.78, 5) is 14.5. The van der Waals surface area contributed by atoms with Crippen LogP contribution in [-0.2, 0) is 32.9 Å². The fourth-order valence-electron chi connectivity index (χ4n) is 6.46. The Morgan fingerprint density at radius 2 is 0.966 bits per heavy atom. The molecule has 2 fully saturated rings. The Morgan fingerprint density at radius 1 is 0.534 bits per heavy atom. The lowest BCUT2D eigenvalue weighted by Crippen LogP contribution is -2.48. The predicted molar refractivity (Wildman–Crippen MR) is 246 cm³/mol. The van der Waals surface area contributed by atoms with Gasteiger partial charge in [0.25, 0.3) is 0 Å². The van der Waals surface area contributed by atoms with E-state index in [2.05, 4.69) is 80.5 Å². The Morgan fingerprint density at radius 3 is 1.40 bits per heavy atom. The third kappa shape index (κ3) is 11.0. The number of hydrogen-bond donors (Lipinski definition) is 0. The van der Waals surface area contributed by atoms with Gasteiger partial charge in [0.1, 0.15) is 0 Å². The van der Waals surface area contributed by atoms with Gasteiger partial charge >= 0.3 is 0 Å². The minimum atomic E-state index is -3.47. The molecule has 6 aromatic rings. The van der Waals surface area contributed by atoms with Crippen LogP contribution in [0.3, 0.4) is 0 Å². The van der Waals surface area contributed by atoms with Crippen LogP contribution in [0, 0.1) is 0 Å². The number of thiazole rings is 2. The van der Waals surface area contributed by atoms with E-state index in [1.165, 1.54) is 5.56 Å². The smallest absolute Gasteiger partial charge is 0.243 e. The molecular formula is C40H38Br3ClN6O4S4. The first-order valence-electron chi connectivity index (χ1n) is 18.2. The van der Waals surface area contributed by atoms with Crippen LogP contribution in [0.15, 0.2) is 131 Å². The van der Waals surface area contributed by atoms with Gasteiger partial charge in [-0.2, -0.15) is 8.61 Å². The summed E-state index contributed by atoms with van der Waals surface area (Å²) in [6.45, 7) is 4.35. The summed E-state index contributed by atoms with van der Waals surface area (Å²) in [5.41, 5.74) is 4.42. The zero-order chi connectivity index (χ0) is 40.9. The standard InChI is InChI=1S/C20H19Br2N3O2S2.C20H19BrClN3O2S2/c21-16-4-6-19(7-5-16)29(26,27)25-10-8-24(9-11-25)20-23-18(14-28-20)13-15-2-1-3-17(22)12-15;21-16-3-7-19(8-4-16)29(26,27)25-11-9-24(10-12-25)20-23-18(14-28-20)13-15-1-5-17(22)6-2-15/h1-7,12,14H,8-11,13H2;1-8,14H,9-13H2. The SMILES string of the molecule is O=S(=O)(c1ccc(Br)cc1)N1CCN(c2nc(Cc3ccc(Cl)cc3)cs2)CC1.O=S(=O)(c1ccc(Br)cc1)N1CCN(c2nc(Cc3cccc(Br)c3)cs2)CC1. The van der Waals surface area contributed by atoms with Gasteiger partial charge in [-0.05, 0) is 83.9 Å². The van der Waals surface area contributed by atoms with E-state index in [4.69, 9.17) is 21.6 Å². The predicted octanol–water partition coefficient (Wildman–Crippen LogP) is 9.43. The fraction of sp³-hybridized carbons (Fsp3) is 0.250. The topological polar surface area (TPSA) is 107 Å². The Balaban J connectivity index is 0.000000177. The van der Waals surface area contributed by atoms with Gasteiger partial charge in [-0.1, -0.05) is 83.7 Å². The monoisotopic (exact) mass is 1070 g/mol. The van der Waals surface area contributed by atoms with E-state index in [9.17, 15) is 16.8 Å². The van der Waals surface area contributed by atoms with Crippen molar-refractivity contribution in [2.24, 2.45) is 0 Å². The Hall–Kier alpha value is -2.71. The van der Waals surface area contributed by atoms with Gasteiger partial charge in [0.15, 0.2) is 10.3 Å². The summed E-state index contributed by atoms with van der Waals surface area (Å²) < 4.78 is 57.3. The third-order valence-corrected chi connectivity index (χ3v) is 17.1. The van der Waals surface area contributed by atoms with E-state index >= 15 is 0 Å². The van der Waals surface area contributed by atoms with Crippen molar-refractivity contribution in [2.75, 3.05) is 62.2 Å². The molecule has 0 atom stereocenters. The number of nitrogens with zero attached hydrogens (tertiary/aromatic N) is 6. The van der Waals surface area contributed by atoms with Crippen LogP contribution in [-0.4, -0.2) is 87.8 Å². The number of halogens is 4. The molecule has 0 aliphatic carbocycles. The molecule has 0 radical (unpaired) electrons. The maximum atomic E-state index is 12.9. The van der Waals surface area contributed by atoms with Gasteiger partial charge in [0, 0.05) is 94.4 Å². The highest BCUT2D eigenvalue weighted by molar-refractivity contribution is 9.11. The van der Waals surface area contributed by atoms with Crippen LogP contribution in [0.5, 0.6) is 0 Å². The minimum Gasteiger partial charge on any atom is -0.345 e. The first-order chi connectivity index (χ1) is 27.8. The minimum absolute atomic E-state index is 0.327. The van der Waals surface area contributed by atoms with E-state index < -0.39 is 20.0 Å². The normalized spacial score (nSPS) is 15.6. The largest absolute Gasteiger partial charge is 0.345 e. The average molecular weight is 1070 g/mol. The molecule has 2 saturated heterocycles. The van der Waals surface area contributed by atoms with Crippen LogP contribution in [0.25, 0.3) is 0 Å². The summed E-state index contributed by atoms with van der Waals surface area (Å²) in [6, 6.07) is 29.6. The molecule has 0 amide bonds. The van der Waals surface area contributed by atoms with E-state index in [0.717, 1.165) is 58.5 Å². The third-order valence-electron chi connectivity index (χ3n) is 9.57. The van der Waals surface area contributed by atoms with Crippen LogP contribution in [0.2, 0.25) is 5.02 Å². The highest BCUT2D eigenvalue weighted by Gasteiger charge is 2.31. The molecule has 8 rings (SSSR count). The molecule has 0 spiro atoms. The summed E-state index contributed by atoms with van der Waals surface area (Å²) >= 11 is 19.3. The Kier molecular flexibility index (Phi) is 14.5. The second-order valence-electron chi connectivity index (χ2n) is 13.5. The number of sulfonamides is 2. The van der Waals surface area contributed by atoms with E-state index in [1.54, 1.807) is 79.8 Å². The number of piperazine rings is 2. The first-order valence-corrected chi connectivity index (χ1v) is 25.6. The number of benzene rings is 4. The zero-order valence-electron chi connectivity index (χ0n) is 30.9. The van der Waals surface area contributed by atoms with Crippen molar-refractivity contribution in [1.82, 2.24) is 18.6 Å². The maximum Gasteiger partial charge on any atom is 0.243 e. The van der Waals surface area contributed by atoms with Crippen LogP contribution >= 0.6 is 82.1 Å². The van der Waals surface area contributed by atoms with E-state index in [1.807, 2.05) is 36.4 Å². The van der Waals surface area contributed by atoms with Crippen LogP contribution in [0.4, 0.5) is 10.3 Å². The van der Waals surface area contributed by atoms with Crippen molar-refractivity contribution in [3.05, 3.63) is 149 Å². The summed E-state index contributed by atoms with van der Waals surface area (Å²) in [5, 5.41) is 6.77. The molecule has 18 heteroatoms. The molecule has 2 aliphatic rings. The number of rotatable bonds is 10. The van der Waals surface area contributed by atoms with Gasteiger partial charge in [0.2, 0.25) is 20.0 Å². The van der Waals surface area contributed by atoms with Crippen LogP contribution in [0.1, 0.15) is 22.5 Å². The summed E-state index contributed by atoms with van der Waals surface area (Å²) in [7, 11) is -6.92. The Bertz CT molecular complexity index is 2530. The Labute approximate surface area is 378 Å². The lowest BCUT2D eigenvalue weighted by atomic mass is 10.1. The van der Waals surface area contributed by atoms with Gasteiger partial charge in [-0.3, -0.25) is 0 Å². The van der Waals surface area contributed by atoms with Crippen molar-refractivity contribution in [1.29, 1.82) is 0 Å². The highest BCUT2D eigenvalue weighted by atomic mass is 79.9. The van der Waals surface area contributed by atoms with Crippen molar-refractivity contribution in [3.63, 3.8) is 0 Å². The fourth-order valence-corrected chi connectivity index (χ4v) is 12.2. The molecule has 58 heavy (non-hydrogen) atoms. The second kappa shape index (κ2) is 19.3. The first kappa shape index (κ1) is 43.4. The molecule has 0 bridgehead atoms. The van der Waals surface area contributed by atoms with E-state index in [-0.39, 0.29) is 0 Å². The second-order valence-corrected chi connectivity index (χ2v) is 22.3. The van der Waals surface area contributed by atoms with Crippen molar-refractivity contribution in [3.8, 4) is 0 Å². The molecule has 2 aromatic heterocycles. The molecule has 10 nitrogen and oxygen atoms in total. The summed E-state index contributed by atoms with van der Waals surface area (Å²) in [6.07, 6.45) is 1.54. The number of hydrogen-bond acceptors (Lipinski definition) is 10. The van der Waals surface area contributed by atoms with Gasteiger partial charge < -0.3 is 9.80 Å². The highest BCUT2D eigenvalue weighted by Crippen LogP contribution is 2.28. The number of anilines is 2. The molecule has 0 N–H and O–H groups in total.